The maximum atomic E-state index is 5.99. The molecule has 0 amide bonds. The van der Waals surface area contributed by atoms with Gasteiger partial charge >= 0.3 is 0 Å². The second-order valence-corrected chi connectivity index (χ2v) is 7.96. The third kappa shape index (κ3) is 2.96. The highest BCUT2D eigenvalue weighted by atomic mass is 16.5. The number of fused-ring (bicyclic) bond motifs is 3. The van der Waals surface area contributed by atoms with E-state index in [1.165, 1.54) is 33.0 Å². The minimum atomic E-state index is 0.777. The molecule has 0 unspecified atom stereocenters. The summed E-state index contributed by atoms with van der Waals surface area (Å²) in [5, 5.41) is 2.57. The van der Waals surface area contributed by atoms with Gasteiger partial charge in [0, 0.05) is 29.5 Å². The molecular formula is C25H23N2O2+. The lowest BCUT2D eigenvalue weighted by Gasteiger charge is -2.11. The molecule has 144 valence electrons. The van der Waals surface area contributed by atoms with Crippen LogP contribution >= 0.6 is 0 Å². The largest absolute Gasteiger partial charge is 0.493 e. The number of imidazole rings is 1. The minimum absolute atomic E-state index is 0.777. The van der Waals surface area contributed by atoms with Crippen LogP contribution in [0.1, 0.15) is 22.3 Å². The second kappa shape index (κ2) is 6.66. The third-order valence-electron chi connectivity index (χ3n) is 6.03. The van der Waals surface area contributed by atoms with Gasteiger partial charge in [-0.05, 0) is 28.5 Å². The molecular weight excluding hydrogens is 360 g/mol. The van der Waals surface area contributed by atoms with Crippen molar-refractivity contribution in [3.8, 4) is 11.5 Å². The van der Waals surface area contributed by atoms with Crippen molar-refractivity contribution in [1.82, 2.24) is 4.57 Å². The Morgan fingerprint density at radius 1 is 0.931 bits per heavy atom. The van der Waals surface area contributed by atoms with E-state index in [4.69, 9.17) is 9.47 Å². The predicted octanol–water partition coefficient (Wildman–Crippen LogP) is 3.90. The Balaban J connectivity index is 1.28. The smallest absolute Gasteiger partial charge is 0.244 e. The number of benzene rings is 3. The fourth-order valence-electron chi connectivity index (χ4n) is 4.61. The van der Waals surface area contributed by atoms with Crippen LogP contribution in [0.2, 0.25) is 0 Å². The maximum absolute atomic E-state index is 5.99. The van der Waals surface area contributed by atoms with Gasteiger partial charge in [-0.2, -0.15) is 0 Å². The van der Waals surface area contributed by atoms with E-state index in [9.17, 15) is 0 Å². The van der Waals surface area contributed by atoms with Crippen LogP contribution in [0.15, 0.2) is 67.3 Å². The van der Waals surface area contributed by atoms with Crippen molar-refractivity contribution in [3.05, 3.63) is 89.5 Å². The van der Waals surface area contributed by atoms with Crippen LogP contribution in [-0.4, -0.2) is 17.8 Å². The molecule has 6 rings (SSSR count). The van der Waals surface area contributed by atoms with Gasteiger partial charge in [0.05, 0.1) is 13.2 Å². The number of hydrogen-bond acceptors (Lipinski definition) is 2. The quantitative estimate of drug-likeness (QED) is 0.500. The highest BCUT2D eigenvalue weighted by molar-refractivity contribution is 5.82. The summed E-state index contributed by atoms with van der Waals surface area (Å²) >= 11 is 0. The first kappa shape index (κ1) is 16.7. The second-order valence-electron chi connectivity index (χ2n) is 7.96. The Hall–Kier alpha value is -3.27. The maximum Gasteiger partial charge on any atom is 0.244 e. The summed E-state index contributed by atoms with van der Waals surface area (Å²) in [4.78, 5) is 0. The number of rotatable bonds is 4. The normalized spacial score (nSPS) is 14.5. The summed E-state index contributed by atoms with van der Waals surface area (Å²) in [5.41, 5.74) is 5.21. The van der Waals surface area contributed by atoms with E-state index >= 15 is 0 Å². The molecule has 0 saturated heterocycles. The Bertz CT molecular complexity index is 1190. The van der Waals surface area contributed by atoms with E-state index in [1.807, 2.05) is 0 Å². The van der Waals surface area contributed by atoms with E-state index in [-0.39, 0.29) is 0 Å². The lowest BCUT2D eigenvalue weighted by atomic mass is 9.99. The fourth-order valence-corrected chi connectivity index (χ4v) is 4.61. The van der Waals surface area contributed by atoms with E-state index in [0.717, 1.165) is 50.6 Å². The molecule has 29 heavy (non-hydrogen) atoms. The zero-order valence-corrected chi connectivity index (χ0v) is 16.3. The molecule has 4 aromatic rings. The minimum Gasteiger partial charge on any atom is -0.493 e. The molecule has 4 heteroatoms. The number of nitrogens with zero attached hydrogens (tertiary/aromatic N) is 2. The molecule has 3 heterocycles. The molecule has 0 radical (unpaired) electrons. The van der Waals surface area contributed by atoms with Gasteiger partial charge in [0.25, 0.3) is 0 Å². The summed E-state index contributed by atoms with van der Waals surface area (Å²) in [6.07, 6.45) is 8.44. The fraction of sp³-hybridized carbons (Fsp3) is 0.240. The predicted molar refractivity (Wildman–Crippen MR) is 112 cm³/mol. The summed E-state index contributed by atoms with van der Waals surface area (Å²) in [6, 6.07) is 17.4. The monoisotopic (exact) mass is 383 g/mol. The Morgan fingerprint density at radius 3 is 2.79 bits per heavy atom. The summed E-state index contributed by atoms with van der Waals surface area (Å²) in [7, 11) is 0. The molecule has 0 fully saturated rings. The van der Waals surface area contributed by atoms with Crippen molar-refractivity contribution in [3.63, 3.8) is 0 Å². The van der Waals surface area contributed by atoms with Crippen molar-refractivity contribution < 1.29 is 14.0 Å². The van der Waals surface area contributed by atoms with Crippen molar-refractivity contribution in [1.29, 1.82) is 0 Å². The van der Waals surface area contributed by atoms with Crippen LogP contribution in [0.5, 0.6) is 11.5 Å². The number of aromatic nitrogens is 2. The molecule has 0 aliphatic carbocycles. The van der Waals surface area contributed by atoms with E-state index in [1.54, 1.807) is 0 Å². The van der Waals surface area contributed by atoms with E-state index in [0.29, 0.717) is 0 Å². The van der Waals surface area contributed by atoms with Crippen LogP contribution in [0.3, 0.4) is 0 Å². The topological polar surface area (TPSA) is 27.3 Å². The molecule has 2 aliphatic rings. The first-order valence-corrected chi connectivity index (χ1v) is 10.3. The Morgan fingerprint density at radius 2 is 1.83 bits per heavy atom. The van der Waals surface area contributed by atoms with Crippen molar-refractivity contribution >= 4 is 10.8 Å². The van der Waals surface area contributed by atoms with Gasteiger partial charge in [0.2, 0.25) is 6.33 Å². The average molecular weight is 383 g/mol. The first-order chi connectivity index (χ1) is 14.3. The van der Waals surface area contributed by atoms with E-state index < -0.39 is 0 Å². The van der Waals surface area contributed by atoms with Gasteiger partial charge < -0.3 is 9.47 Å². The Labute approximate surface area is 169 Å². The molecule has 0 saturated carbocycles. The van der Waals surface area contributed by atoms with Crippen molar-refractivity contribution in [2.45, 2.75) is 25.9 Å². The molecule has 4 nitrogen and oxygen atoms in total. The zero-order valence-electron chi connectivity index (χ0n) is 16.3. The molecule has 0 bridgehead atoms. The van der Waals surface area contributed by atoms with Crippen molar-refractivity contribution in [2.24, 2.45) is 0 Å². The third-order valence-corrected chi connectivity index (χ3v) is 6.03. The zero-order chi connectivity index (χ0) is 19.2. The van der Waals surface area contributed by atoms with Gasteiger partial charge in [0.15, 0.2) is 0 Å². The van der Waals surface area contributed by atoms with Crippen LogP contribution in [-0.2, 0) is 25.9 Å². The summed E-state index contributed by atoms with van der Waals surface area (Å²) in [5.74, 6) is 2.14. The van der Waals surface area contributed by atoms with E-state index in [2.05, 4.69) is 76.4 Å². The number of hydrogen-bond donors (Lipinski definition) is 0. The number of ether oxygens (including phenoxy) is 2. The Kier molecular flexibility index (Phi) is 3.83. The van der Waals surface area contributed by atoms with Gasteiger partial charge in [-0.25, -0.2) is 9.13 Å². The van der Waals surface area contributed by atoms with Crippen LogP contribution in [0, 0.1) is 0 Å². The molecule has 0 atom stereocenters. The standard InChI is InChI=1S/C25H23N2O2/c1-2-4-20-13-18(5-6-19(20)3-1)15-26-9-10-27(17-26)16-23-22-8-12-28-24(22)14-21-7-11-29-25(21)23/h1-6,9-10,13-14,17H,7-8,11-12,15-16H2/q+1. The van der Waals surface area contributed by atoms with Crippen LogP contribution < -0.4 is 14.0 Å². The van der Waals surface area contributed by atoms with Gasteiger partial charge in [-0.1, -0.05) is 36.4 Å². The molecule has 1 aromatic heterocycles. The lowest BCUT2D eigenvalue weighted by Crippen LogP contribution is -2.31. The molecule has 2 aliphatic heterocycles. The molecule has 0 spiro atoms. The van der Waals surface area contributed by atoms with Gasteiger partial charge in [0.1, 0.15) is 37.0 Å². The highest BCUT2D eigenvalue weighted by Crippen LogP contribution is 2.40. The summed E-state index contributed by atoms with van der Waals surface area (Å²) in [6.45, 7) is 3.24. The summed E-state index contributed by atoms with van der Waals surface area (Å²) < 4.78 is 16.3. The van der Waals surface area contributed by atoms with Gasteiger partial charge in [-0.3, -0.25) is 0 Å². The van der Waals surface area contributed by atoms with Crippen LogP contribution in [0.25, 0.3) is 10.8 Å². The lowest BCUT2D eigenvalue weighted by molar-refractivity contribution is -0.687. The first-order valence-electron chi connectivity index (χ1n) is 10.3. The average Bonchev–Trinajstić information content (AvgIpc) is 3.48. The van der Waals surface area contributed by atoms with Gasteiger partial charge in [-0.15, -0.1) is 0 Å². The van der Waals surface area contributed by atoms with Crippen molar-refractivity contribution in [2.75, 3.05) is 13.2 Å². The molecule has 3 aromatic carbocycles. The van der Waals surface area contributed by atoms with Crippen LogP contribution in [0.4, 0.5) is 0 Å². The molecule has 0 N–H and O–H groups in total. The highest BCUT2D eigenvalue weighted by Gasteiger charge is 2.27. The SMILES string of the molecule is c1ccc2cc(C[n+]3ccn(Cc4c5c(cc6c4OCC6)OCC5)c3)ccc2c1.